The molecule has 0 radical (unpaired) electrons. The molecule has 0 spiro atoms. The number of amides is 1. The third-order valence-electron chi connectivity index (χ3n) is 4.01. The van der Waals surface area contributed by atoms with Gasteiger partial charge in [0.05, 0.1) is 7.11 Å². The first-order valence-corrected chi connectivity index (χ1v) is 9.35. The van der Waals surface area contributed by atoms with E-state index in [1.54, 1.807) is 36.4 Å². The number of halogens is 1. The van der Waals surface area contributed by atoms with E-state index >= 15 is 0 Å². The quantitative estimate of drug-likeness (QED) is 0.501. The normalized spacial score (nSPS) is 11.4. The van der Waals surface area contributed by atoms with Crippen molar-refractivity contribution < 1.29 is 23.8 Å². The monoisotopic (exact) mass is 428 g/mol. The summed E-state index contributed by atoms with van der Waals surface area (Å²) < 4.78 is 15.6. The molecule has 7 nitrogen and oxygen atoms in total. The molecule has 8 heteroatoms. The lowest BCUT2D eigenvalue weighted by Gasteiger charge is -2.14. The Hall–Kier alpha value is -3.50. The Kier molecular flexibility index (Phi) is 8.27. The smallest absolute Gasteiger partial charge is 0.331 e. The second-order valence-electron chi connectivity index (χ2n) is 6.22. The fourth-order valence-corrected chi connectivity index (χ4v) is 2.58. The van der Waals surface area contributed by atoms with Gasteiger partial charge >= 0.3 is 5.97 Å². The van der Waals surface area contributed by atoms with E-state index in [4.69, 9.17) is 31.1 Å². The highest BCUT2D eigenvalue weighted by Crippen LogP contribution is 2.28. The SMILES string of the molecule is COc1cc(/C=C/C(=O)OC(C)C(=O)Nc2cc(Cl)ccc2C)ccc1OCC#N. The number of ether oxygens (including phenoxy) is 3. The molecule has 2 rings (SSSR count). The molecule has 0 saturated heterocycles. The van der Waals surface area contributed by atoms with Crippen molar-refractivity contribution in [3.05, 3.63) is 58.6 Å². The Morgan fingerprint density at radius 1 is 1.23 bits per heavy atom. The van der Waals surface area contributed by atoms with Crippen LogP contribution in [0.2, 0.25) is 5.02 Å². The van der Waals surface area contributed by atoms with Gasteiger partial charge in [-0.05, 0) is 55.3 Å². The number of nitriles is 1. The van der Waals surface area contributed by atoms with Crippen LogP contribution in [-0.2, 0) is 14.3 Å². The molecule has 0 heterocycles. The summed E-state index contributed by atoms with van der Waals surface area (Å²) in [5, 5.41) is 11.8. The highest BCUT2D eigenvalue weighted by molar-refractivity contribution is 6.31. The lowest BCUT2D eigenvalue weighted by Crippen LogP contribution is -2.29. The summed E-state index contributed by atoms with van der Waals surface area (Å²) in [4.78, 5) is 24.3. The summed E-state index contributed by atoms with van der Waals surface area (Å²) in [6.07, 6.45) is 1.72. The number of hydrogen-bond donors (Lipinski definition) is 1. The molecule has 0 aromatic heterocycles. The van der Waals surface area contributed by atoms with Crippen molar-refractivity contribution in [2.24, 2.45) is 0 Å². The molecule has 30 heavy (non-hydrogen) atoms. The third kappa shape index (κ3) is 6.54. The van der Waals surface area contributed by atoms with Crippen LogP contribution < -0.4 is 14.8 Å². The fourth-order valence-electron chi connectivity index (χ4n) is 2.41. The van der Waals surface area contributed by atoms with Gasteiger partial charge in [-0.25, -0.2) is 4.79 Å². The molecular weight excluding hydrogens is 408 g/mol. The van der Waals surface area contributed by atoms with Crippen LogP contribution >= 0.6 is 11.6 Å². The molecule has 1 unspecified atom stereocenters. The van der Waals surface area contributed by atoms with Gasteiger partial charge in [-0.15, -0.1) is 0 Å². The Morgan fingerprint density at radius 3 is 2.70 bits per heavy atom. The zero-order valence-electron chi connectivity index (χ0n) is 16.8. The van der Waals surface area contributed by atoms with Crippen molar-refractivity contribution in [1.29, 1.82) is 5.26 Å². The van der Waals surface area contributed by atoms with Gasteiger partial charge in [-0.3, -0.25) is 4.79 Å². The van der Waals surface area contributed by atoms with Gasteiger partial charge in [0.15, 0.2) is 24.2 Å². The van der Waals surface area contributed by atoms with E-state index in [1.165, 1.54) is 26.2 Å². The van der Waals surface area contributed by atoms with Crippen LogP contribution in [-0.4, -0.2) is 31.7 Å². The minimum absolute atomic E-state index is 0.105. The van der Waals surface area contributed by atoms with Crippen LogP contribution in [0.1, 0.15) is 18.1 Å². The van der Waals surface area contributed by atoms with Crippen molar-refractivity contribution in [3.8, 4) is 17.6 Å². The Labute approximate surface area is 179 Å². The van der Waals surface area contributed by atoms with Crippen molar-refractivity contribution in [2.45, 2.75) is 20.0 Å². The van der Waals surface area contributed by atoms with E-state index < -0.39 is 18.0 Å². The summed E-state index contributed by atoms with van der Waals surface area (Å²) in [7, 11) is 1.47. The molecule has 0 bridgehead atoms. The average molecular weight is 429 g/mol. The van der Waals surface area contributed by atoms with Crippen LogP contribution in [0.25, 0.3) is 6.08 Å². The summed E-state index contributed by atoms with van der Waals surface area (Å²) in [6.45, 7) is 3.20. The molecule has 2 aromatic carbocycles. The van der Waals surface area contributed by atoms with Gasteiger partial charge in [0.2, 0.25) is 0 Å². The molecule has 156 valence electrons. The molecule has 2 aromatic rings. The zero-order chi connectivity index (χ0) is 22.1. The maximum atomic E-state index is 12.3. The molecule has 0 aliphatic rings. The number of nitrogens with one attached hydrogen (secondary N) is 1. The van der Waals surface area contributed by atoms with E-state index in [2.05, 4.69) is 5.32 Å². The van der Waals surface area contributed by atoms with Crippen molar-refractivity contribution in [2.75, 3.05) is 19.0 Å². The van der Waals surface area contributed by atoms with Crippen molar-refractivity contribution in [3.63, 3.8) is 0 Å². The fraction of sp³-hybridized carbons (Fsp3) is 0.227. The van der Waals surface area contributed by atoms with E-state index in [0.717, 1.165) is 5.56 Å². The molecule has 0 aliphatic carbocycles. The molecule has 1 atom stereocenters. The molecule has 0 fully saturated rings. The maximum absolute atomic E-state index is 12.3. The Balaban J connectivity index is 1.97. The molecular formula is C22H21ClN2O5. The van der Waals surface area contributed by atoms with Gasteiger partial charge in [-0.1, -0.05) is 23.7 Å². The second-order valence-corrected chi connectivity index (χ2v) is 6.65. The highest BCUT2D eigenvalue weighted by Gasteiger charge is 2.17. The first-order valence-electron chi connectivity index (χ1n) is 8.97. The van der Waals surface area contributed by atoms with Gasteiger partial charge in [0.25, 0.3) is 5.91 Å². The number of carbonyl (C=O) groups is 2. The van der Waals surface area contributed by atoms with Crippen molar-refractivity contribution in [1.82, 2.24) is 0 Å². The van der Waals surface area contributed by atoms with Crippen LogP contribution in [0.3, 0.4) is 0 Å². The van der Waals surface area contributed by atoms with E-state index in [-0.39, 0.29) is 6.61 Å². The number of carbonyl (C=O) groups excluding carboxylic acids is 2. The lowest BCUT2D eigenvalue weighted by atomic mass is 10.2. The van der Waals surface area contributed by atoms with E-state index in [1.807, 2.05) is 13.0 Å². The van der Waals surface area contributed by atoms with Crippen LogP contribution in [0.4, 0.5) is 5.69 Å². The van der Waals surface area contributed by atoms with Gasteiger partial charge < -0.3 is 19.5 Å². The predicted molar refractivity (Wildman–Crippen MR) is 114 cm³/mol. The van der Waals surface area contributed by atoms with Crippen LogP contribution in [0.5, 0.6) is 11.5 Å². The predicted octanol–water partition coefficient (Wildman–Crippen LogP) is 4.14. The number of methoxy groups -OCH3 is 1. The largest absolute Gasteiger partial charge is 0.493 e. The number of esters is 1. The average Bonchev–Trinajstić information content (AvgIpc) is 2.73. The Morgan fingerprint density at radius 2 is 2.00 bits per heavy atom. The number of anilines is 1. The van der Waals surface area contributed by atoms with E-state index in [0.29, 0.717) is 27.8 Å². The topological polar surface area (TPSA) is 97.7 Å². The summed E-state index contributed by atoms with van der Waals surface area (Å²) in [5.74, 6) is -0.308. The lowest BCUT2D eigenvalue weighted by molar-refractivity contribution is -0.148. The first kappa shape index (κ1) is 22.8. The molecule has 1 amide bonds. The van der Waals surface area contributed by atoms with Gasteiger partial charge in [0, 0.05) is 16.8 Å². The maximum Gasteiger partial charge on any atom is 0.331 e. The van der Waals surface area contributed by atoms with Gasteiger partial charge in [0.1, 0.15) is 6.07 Å². The Bertz CT molecular complexity index is 998. The zero-order valence-corrected chi connectivity index (χ0v) is 17.5. The number of benzene rings is 2. The van der Waals surface area contributed by atoms with Gasteiger partial charge in [-0.2, -0.15) is 5.26 Å². The number of aryl methyl sites for hydroxylation is 1. The number of nitrogens with zero attached hydrogens (tertiary/aromatic N) is 1. The summed E-state index contributed by atoms with van der Waals surface area (Å²) in [5.41, 5.74) is 2.04. The standard InChI is InChI=1S/C22H21ClN2O5/c1-14-4-7-17(23)13-18(14)25-22(27)15(2)30-21(26)9-6-16-5-8-19(29-11-10-24)20(12-16)28-3/h4-9,12-13,15H,11H2,1-3H3,(H,25,27)/b9-6+. The summed E-state index contributed by atoms with van der Waals surface area (Å²) >= 11 is 5.94. The van der Waals surface area contributed by atoms with Crippen LogP contribution in [0.15, 0.2) is 42.5 Å². The minimum atomic E-state index is -1.00. The first-order chi connectivity index (χ1) is 14.3. The van der Waals surface area contributed by atoms with Crippen LogP contribution in [0, 0.1) is 18.3 Å². The molecule has 0 saturated carbocycles. The molecule has 1 N–H and O–H groups in total. The minimum Gasteiger partial charge on any atom is -0.493 e. The summed E-state index contributed by atoms with van der Waals surface area (Å²) in [6, 6.07) is 12.0. The third-order valence-corrected chi connectivity index (χ3v) is 4.25. The number of rotatable bonds is 8. The molecule has 0 aliphatic heterocycles. The highest BCUT2D eigenvalue weighted by atomic mass is 35.5. The number of hydrogen-bond acceptors (Lipinski definition) is 6. The van der Waals surface area contributed by atoms with Crippen molar-refractivity contribution >= 4 is 35.2 Å². The second kappa shape index (κ2) is 10.9. The van der Waals surface area contributed by atoms with E-state index in [9.17, 15) is 9.59 Å².